The average molecular weight is 641 g/mol. The van der Waals surface area contributed by atoms with Crippen LogP contribution >= 0.6 is 0 Å². The fourth-order valence-corrected chi connectivity index (χ4v) is 5.39. The Morgan fingerprint density at radius 3 is 2.31 bits per heavy atom. The highest BCUT2D eigenvalue weighted by Gasteiger charge is 2.35. The molecule has 4 N–H and O–H groups in total. The first-order valence-electron chi connectivity index (χ1n) is 17.7. The van der Waals surface area contributed by atoms with E-state index in [4.69, 9.17) is 14.2 Å². The first-order valence-corrected chi connectivity index (χ1v) is 17.7. The van der Waals surface area contributed by atoms with Crippen LogP contribution in [0.15, 0.2) is 24.3 Å². The molecule has 0 radical (unpaired) electrons. The van der Waals surface area contributed by atoms with Gasteiger partial charge in [0.2, 0.25) is 0 Å². The quantitative estimate of drug-likeness (QED) is 0.0487. The minimum Gasteiger partial charge on any atom is -0.462 e. The van der Waals surface area contributed by atoms with Crippen molar-refractivity contribution >= 4 is 11.9 Å². The number of hydrogen-bond donors (Lipinski definition) is 4. The lowest BCUT2D eigenvalue weighted by Gasteiger charge is -2.36. The molecule has 0 amide bonds. The minimum atomic E-state index is -1.05. The smallest absolute Gasteiger partial charge is 0.306 e. The molecule has 0 aromatic heterocycles. The van der Waals surface area contributed by atoms with Gasteiger partial charge < -0.3 is 34.6 Å². The molecule has 0 bridgehead atoms. The van der Waals surface area contributed by atoms with Gasteiger partial charge in [0.05, 0.1) is 24.9 Å². The predicted molar refractivity (Wildman–Crippen MR) is 176 cm³/mol. The number of carbonyl (C=O) groups is 2. The Hall–Kier alpha value is -1.78. The topological polar surface area (TPSA) is 143 Å². The van der Waals surface area contributed by atoms with Crippen LogP contribution in [-0.4, -0.2) is 76.3 Å². The number of hydrogen-bond acceptors (Lipinski definition) is 9. The zero-order valence-corrected chi connectivity index (χ0v) is 28.3. The second kappa shape index (κ2) is 26.3. The maximum atomic E-state index is 12.2. The van der Waals surface area contributed by atoms with Crippen LogP contribution in [0.25, 0.3) is 0 Å². The second-order valence-electron chi connectivity index (χ2n) is 12.7. The molecule has 2 unspecified atom stereocenters. The third-order valence-corrected chi connectivity index (χ3v) is 8.58. The largest absolute Gasteiger partial charge is 0.462 e. The van der Waals surface area contributed by atoms with Gasteiger partial charge in [0, 0.05) is 25.2 Å². The summed E-state index contributed by atoms with van der Waals surface area (Å²) < 4.78 is 16.1. The monoisotopic (exact) mass is 640 g/mol. The van der Waals surface area contributed by atoms with E-state index in [1.165, 1.54) is 32.1 Å². The molecule has 0 aliphatic carbocycles. The molecule has 7 atom stereocenters. The van der Waals surface area contributed by atoms with Gasteiger partial charge in [-0.1, -0.05) is 109 Å². The van der Waals surface area contributed by atoms with Crippen molar-refractivity contribution in [2.24, 2.45) is 11.8 Å². The van der Waals surface area contributed by atoms with Gasteiger partial charge in [0.1, 0.15) is 6.61 Å². The van der Waals surface area contributed by atoms with E-state index in [9.17, 15) is 30.0 Å². The van der Waals surface area contributed by atoms with E-state index in [0.717, 1.165) is 44.4 Å². The number of carbonyl (C=O) groups excluding carboxylic acids is 2. The van der Waals surface area contributed by atoms with Crippen LogP contribution in [0.3, 0.4) is 0 Å². The van der Waals surface area contributed by atoms with Crippen molar-refractivity contribution in [1.82, 2.24) is 0 Å². The molecule has 1 rings (SSSR count). The number of unbranched alkanes of at least 4 members (excludes halogenated alkanes) is 8. The zero-order chi connectivity index (χ0) is 33.3. The van der Waals surface area contributed by atoms with E-state index in [1.54, 1.807) is 12.2 Å². The van der Waals surface area contributed by atoms with Gasteiger partial charge in [-0.05, 0) is 38.0 Å². The first kappa shape index (κ1) is 41.2. The molecule has 1 aliphatic rings. The highest BCUT2D eigenvalue weighted by atomic mass is 16.6. The molecule has 1 saturated heterocycles. The summed E-state index contributed by atoms with van der Waals surface area (Å²) in [6.45, 7) is 6.06. The molecular formula is C36H64O9. The lowest BCUT2D eigenvalue weighted by atomic mass is 9.87. The van der Waals surface area contributed by atoms with Crippen molar-refractivity contribution in [2.45, 2.75) is 167 Å². The Bertz CT molecular complexity index is 814. The summed E-state index contributed by atoms with van der Waals surface area (Å²) in [5, 5.41) is 40.2. The van der Waals surface area contributed by atoms with Gasteiger partial charge in [-0.15, -0.1) is 0 Å². The van der Waals surface area contributed by atoms with Crippen LogP contribution in [0.4, 0.5) is 0 Å². The van der Waals surface area contributed by atoms with Crippen LogP contribution in [0.5, 0.6) is 0 Å². The van der Waals surface area contributed by atoms with Crippen LogP contribution in [0.1, 0.15) is 136 Å². The van der Waals surface area contributed by atoms with E-state index in [2.05, 4.69) is 20.8 Å². The average Bonchev–Trinajstić information content (AvgIpc) is 3.01. The Morgan fingerprint density at radius 2 is 1.60 bits per heavy atom. The van der Waals surface area contributed by atoms with Crippen LogP contribution in [0, 0.1) is 11.8 Å². The molecule has 1 aliphatic heterocycles. The summed E-state index contributed by atoms with van der Waals surface area (Å²) >= 11 is 0. The Morgan fingerprint density at radius 1 is 0.911 bits per heavy atom. The van der Waals surface area contributed by atoms with Gasteiger partial charge in [-0.25, -0.2) is 0 Å². The van der Waals surface area contributed by atoms with Gasteiger partial charge in [0.15, 0.2) is 12.4 Å². The van der Waals surface area contributed by atoms with Gasteiger partial charge in [-0.2, -0.15) is 0 Å². The standard InChI is InChI=1S/C36H64O9/c1-4-6-13-19-29(38)23-24-33-31(32(39)25-36(42)45-33)20-15-11-12-16-21-34(40)43-27-30(26-37)44-35(41)22-17-10-8-7-9-14-18-28(3)5-2/h11,15,23-24,28-33,36-39,42H,4-10,12-14,16-22,25-27H2,1-3H3/b15-11-,24-23+/t28?,29-,30-,31-,32-,33+,36?/m0/s1. The lowest BCUT2D eigenvalue weighted by molar-refractivity contribution is -0.199. The highest BCUT2D eigenvalue weighted by molar-refractivity contribution is 5.70. The van der Waals surface area contributed by atoms with E-state index in [-0.39, 0.29) is 31.3 Å². The Balaban J connectivity index is 2.25. The molecule has 9 nitrogen and oxygen atoms in total. The van der Waals surface area contributed by atoms with Crippen molar-refractivity contribution in [3.05, 3.63) is 24.3 Å². The third kappa shape index (κ3) is 20.9. The van der Waals surface area contributed by atoms with Gasteiger partial charge >= 0.3 is 11.9 Å². The van der Waals surface area contributed by atoms with E-state index < -0.39 is 43.3 Å². The number of rotatable bonds is 26. The summed E-state index contributed by atoms with van der Waals surface area (Å²) in [4.78, 5) is 24.3. The molecule has 0 aromatic carbocycles. The third-order valence-electron chi connectivity index (χ3n) is 8.58. The maximum Gasteiger partial charge on any atom is 0.306 e. The van der Waals surface area contributed by atoms with Gasteiger partial charge in [0.25, 0.3) is 0 Å². The Labute approximate surface area is 272 Å². The Kier molecular flexibility index (Phi) is 24.1. The summed E-state index contributed by atoms with van der Waals surface area (Å²) in [7, 11) is 0. The van der Waals surface area contributed by atoms with Crippen molar-refractivity contribution in [3.8, 4) is 0 Å². The molecule has 0 saturated carbocycles. The van der Waals surface area contributed by atoms with E-state index in [1.807, 2.05) is 12.2 Å². The fourth-order valence-electron chi connectivity index (χ4n) is 5.39. The fraction of sp³-hybridized carbons (Fsp3) is 0.833. The summed E-state index contributed by atoms with van der Waals surface area (Å²) in [6, 6.07) is 0. The van der Waals surface area contributed by atoms with Crippen LogP contribution in [0.2, 0.25) is 0 Å². The number of esters is 2. The van der Waals surface area contributed by atoms with Crippen molar-refractivity contribution < 1.29 is 44.2 Å². The number of allylic oxidation sites excluding steroid dienone is 2. The molecular weight excluding hydrogens is 576 g/mol. The SMILES string of the molecule is CCCCC[C@H](O)/C=C/[C@H]1OC(O)C[C@H](O)[C@@H]1C/C=C\CCCC(=O)OC[C@H](CO)OC(=O)CCCCCCCCC(C)CC. The first-order chi connectivity index (χ1) is 21.7. The molecule has 9 heteroatoms. The predicted octanol–water partition coefficient (Wildman–Crippen LogP) is 6.30. The molecule has 45 heavy (non-hydrogen) atoms. The summed E-state index contributed by atoms with van der Waals surface area (Å²) in [5.74, 6) is -0.252. The number of aliphatic hydroxyl groups excluding tert-OH is 4. The minimum absolute atomic E-state index is 0.136. The van der Waals surface area contributed by atoms with Crippen LogP contribution in [-0.2, 0) is 23.8 Å². The summed E-state index contributed by atoms with van der Waals surface area (Å²) in [6.07, 6.45) is 18.7. The lowest BCUT2D eigenvalue weighted by Crippen LogP contribution is -2.43. The highest BCUT2D eigenvalue weighted by Crippen LogP contribution is 2.29. The normalized spacial score (nSPS) is 22.5. The van der Waals surface area contributed by atoms with E-state index in [0.29, 0.717) is 32.1 Å². The second-order valence-corrected chi connectivity index (χ2v) is 12.7. The van der Waals surface area contributed by atoms with Crippen molar-refractivity contribution in [1.29, 1.82) is 0 Å². The van der Waals surface area contributed by atoms with Crippen molar-refractivity contribution in [2.75, 3.05) is 13.2 Å². The zero-order valence-electron chi connectivity index (χ0n) is 28.3. The number of ether oxygens (including phenoxy) is 3. The van der Waals surface area contributed by atoms with Gasteiger partial charge in [-0.3, -0.25) is 9.59 Å². The van der Waals surface area contributed by atoms with Crippen molar-refractivity contribution in [3.63, 3.8) is 0 Å². The van der Waals surface area contributed by atoms with E-state index >= 15 is 0 Å². The maximum absolute atomic E-state index is 12.2. The molecule has 262 valence electrons. The van der Waals surface area contributed by atoms with Crippen LogP contribution < -0.4 is 0 Å². The molecule has 1 heterocycles. The molecule has 0 spiro atoms. The summed E-state index contributed by atoms with van der Waals surface area (Å²) in [5.41, 5.74) is 0. The molecule has 1 fully saturated rings. The molecule has 0 aromatic rings. The number of aliphatic hydroxyl groups is 4.